The summed E-state index contributed by atoms with van der Waals surface area (Å²) in [6.07, 6.45) is -1.91. The molecule has 0 aliphatic carbocycles. The summed E-state index contributed by atoms with van der Waals surface area (Å²) < 4.78 is 48.4. The van der Waals surface area contributed by atoms with Crippen LogP contribution in [-0.2, 0) is 22.8 Å². The molecule has 3 fully saturated rings. The number of fused-ring (bicyclic) bond motifs is 5. The minimum absolute atomic E-state index is 0.0669. The Balaban J connectivity index is 1.18. The number of alkyl halides is 1. The van der Waals surface area contributed by atoms with Gasteiger partial charge in [-0.15, -0.1) is 0 Å². The van der Waals surface area contributed by atoms with Crippen molar-refractivity contribution < 1.29 is 37.0 Å². The predicted octanol–water partition coefficient (Wildman–Crippen LogP) is 1.45. The van der Waals surface area contributed by atoms with Crippen LogP contribution < -0.4 is 17.0 Å². The molecule has 2 bridgehead atoms. The maximum atomic E-state index is 16.1. The standard InChI is InChI=1S/C21H28FN9O8P2S3/c22-12-14-11(37-19(12)30-2-1-9-15(23)25-6-26-16(9)30)5-36-40(33,42)38-10-3-8(4-35-41(34,43)39-14)44-20(10)31-7-27-13-17(31)28-21(24)29-18(13)32/h1-2,6-8,10-12,14,19-20,33-34,40-43H,3-5H2,(H2,23,25,26)(H3,24,28,29,32)/t8-,10+,11+,12-,14+,19+,20+/m0/s1. The summed E-state index contributed by atoms with van der Waals surface area (Å²) in [4.78, 5) is 53.6. The second-order valence-corrected chi connectivity index (χ2v) is 18.4. The number of aromatic amines is 1. The van der Waals surface area contributed by atoms with Crippen LogP contribution in [0.4, 0.5) is 16.2 Å². The molecular formula is C21H28FN9O8P2S3. The van der Waals surface area contributed by atoms with E-state index in [9.17, 15) is 14.6 Å². The Bertz CT molecular complexity index is 1780. The molecule has 7 rings (SSSR count). The summed E-state index contributed by atoms with van der Waals surface area (Å²) >= 11 is 9.93. The molecule has 0 saturated carbocycles. The normalized spacial score (nSPS) is 33.7. The number of H-pyrrole nitrogens is 1. The quantitative estimate of drug-likeness (QED) is 0.115. The van der Waals surface area contributed by atoms with Crippen LogP contribution in [0.3, 0.4) is 0 Å². The Labute approximate surface area is 262 Å². The number of halogens is 1. The van der Waals surface area contributed by atoms with Crippen LogP contribution in [0.2, 0.25) is 0 Å². The van der Waals surface area contributed by atoms with E-state index in [-0.39, 0.29) is 34.8 Å². The van der Waals surface area contributed by atoms with Gasteiger partial charge in [-0.05, 0) is 0 Å². The summed E-state index contributed by atoms with van der Waals surface area (Å²) in [6.45, 7) is -0.488. The Morgan fingerprint density at radius 3 is 2.66 bits per heavy atom. The van der Waals surface area contributed by atoms with Gasteiger partial charge in [0.25, 0.3) is 0 Å². The van der Waals surface area contributed by atoms with Gasteiger partial charge in [-0.3, -0.25) is 0 Å². The molecule has 7 heterocycles. The van der Waals surface area contributed by atoms with E-state index in [2.05, 4.69) is 49.4 Å². The molecule has 23 heteroatoms. The molecule has 44 heavy (non-hydrogen) atoms. The molecule has 0 aromatic carbocycles. The molecule has 4 aromatic rings. The third-order valence-electron chi connectivity index (χ3n) is 7.44. The molecule has 0 spiro atoms. The van der Waals surface area contributed by atoms with E-state index >= 15 is 4.39 Å². The number of aromatic nitrogens is 7. The average Bonchev–Trinajstić information content (AvgIpc) is 3.72. The van der Waals surface area contributed by atoms with Gasteiger partial charge in [-0.1, -0.05) is 0 Å². The third-order valence-corrected chi connectivity index (χ3v) is 12.6. The van der Waals surface area contributed by atoms with Gasteiger partial charge >= 0.3 is 263 Å². The van der Waals surface area contributed by atoms with Crippen LogP contribution in [-0.4, -0.2) is 86.8 Å². The van der Waals surface area contributed by atoms with Crippen LogP contribution in [0, 0.1) is 0 Å². The molecular weight excluding hydrogens is 683 g/mol. The fourth-order valence-corrected chi connectivity index (χ4v) is 10.6. The van der Waals surface area contributed by atoms with Gasteiger partial charge in [0.15, 0.2) is 0 Å². The van der Waals surface area contributed by atoms with E-state index in [1.165, 1.54) is 29.0 Å². The molecule has 3 saturated heterocycles. The summed E-state index contributed by atoms with van der Waals surface area (Å²) in [6, 6.07) is 1.62. The van der Waals surface area contributed by atoms with Gasteiger partial charge in [-0.2, -0.15) is 0 Å². The Hall–Kier alpha value is -1.87. The predicted molar refractivity (Wildman–Crippen MR) is 169 cm³/mol. The van der Waals surface area contributed by atoms with Gasteiger partial charge in [0, 0.05) is 0 Å². The number of nitrogens with one attached hydrogen (secondary N) is 1. The first-order valence-electron chi connectivity index (χ1n) is 13.2. The van der Waals surface area contributed by atoms with E-state index in [0.29, 0.717) is 17.5 Å². The van der Waals surface area contributed by atoms with Crippen LogP contribution >= 0.6 is 50.5 Å². The fourth-order valence-electron chi connectivity index (χ4n) is 5.53. The molecule has 4 aromatic heterocycles. The number of imidazole rings is 1. The second-order valence-electron chi connectivity index (χ2n) is 10.3. The number of hydrogen-bond acceptors (Lipinski definition) is 17. The zero-order valence-corrected chi connectivity index (χ0v) is 26.9. The van der Waals surface area contributed by atoms with Crippen molar-refractivity contribution in [1.29, 1.82) is 0 Å². The van der Waals surface area contributed by atoms with Crippen molar-refractivity contribution >= 4 is 84.5 Å². The Morgan fingerprint density at radius 1 is 1.07 bits per heavy atom. The SMILES string of the molecule is Nc1nc2c(ncn2[C@@H]2S[C@@H]3CO[PH](O)(S)O[C@H]4[C@H](F)[C@H](n5ccc6c(N)ncnc65)O[C@@H]4CO[PH](O)(S)O[C@@H]2C3)c(=O)[nH]1. The van der Waals surface area contributed by atoms with Crippen molar-refractivity contribution in [3.8, 4) is 0 Å². The molecule has 7 atom stereocenters. The molecule has 0 amide bonds. The summed E-state index contributed by atoms with van der Waals surface area (Å²) in [5.41, 5.74) is 11.8. The molecule has 0 unspecified atom stereocenters. The van der Waals surface area contributed by atoms with Crippen molar-refractivity contribution in [1.82, 2.24) is 34.1 Å². The first-order valence-corrected chi connectivity index (χ1v) is 20.2. The van der Waals surface area contributed by atoms with Crippen molar-refractivity contribution in [2.24, 2.45) is 0 Å². The summed E-state index contributed by atoms with van der Waals surface area (Å²) in [7, 11) is -8.48. The number of hydrogen-bond donors (Lipinski definition) is 7. The summed E-state index contributed by atoms with van der Waals surface area (Å²) in [5.74, 6) is 0.108. The van der Waals surface area contributed by atoms with E-state index in [1.807, 2.05) is 0 Å². The molecule has 240 valence electrons. The van der Waals surface area contributed by atoms with E-state index in [0.717, 1.165) is 0 Å². The van der Waals surface area contributed by atoms with Crippen LogP contribution in [0.15, 0.2) is 29.7 Å². The molecule has 3 aliphatic rings. The Morgan fingerprint density at radius 2 is 1.84 bits per heavy atom. The number of ether oxygens (including phenoxy) is 1. The maximum absolute atomic E-state index is 16.1. The number of rotatable bonds is 2. The van der Waals surface area contributed by atoms with Gasteiger partial charge in [0.2, 0.25) is 0 Å². The number of nitrogens with two attached hydrogens (primary N) is 2. The summed E-state index contributed by atoms with van der Waals surface area (Å²) in [5, 5.41) is -0.425. The third kappa shape index (κ3) is 5.67. The number of nitrogen functional groups attached to an aromatic ring is 2. The van der Waals surface area contributed by atoms with Gasteiger partial charge < -0.3 is 0 Å². The van der Waals surface area contributed by atoms with E-state index < -0.39 is 62.5 Å². The zero-order chi connectivity index (χ0) is 31.0. The van der Waals surface area contributed by atoms with Crippen molar-refractivity contribution in [2.45, 2.75) is 47.8 Å². The van der Waals surface area contributed by atoms with Crippen LogP contribution in [0.5, 0.6) is 0 Å². The van der Waals surface area contributed by atoms with Gasteiger partial charge in [-0.25, -0.2) is 0 Å². The van der Waals surface area contributed by atoms with Gasteiger partial charge in [0.1, 0.15) is 0 Å². The first-order chi connectivity index (χ1) is 20.9. The second kappa shape index (κ2) is 11.4. The number of thiol groups is 2. The fraction of sp³-hybridized carbons (Fsp3) is 0.476. The molecule has 3 aliphatic heterocycles. The van der Waals surface area contributed by atoms with Crippen molar-refractivity contribution in [3.05, 3.63) is 35.3 Å². The zero-order valence-electron chi connectivity index (χ0n) is 22.3. The molecule has 0 radical (unpaired) electrons. The topological polar surface area (TPSA) is 233 Å². The van der Waals surface area contributed by atoms with Crippen LogP contribution in [0.1, 0.15) is 18.0 Å². The number of thioether (sulfide) groups is 1. The monoisotopic (exact) mass is 711 g/mol. The van der Waals surface area contributed by atoms with Gasteiger partial charge in [0.05, 0.1) is 0 Å². The first kappa shape index (κ1) is 30.8. The van der Waals surface area contributed by atoms with E-state index in [1.54, 1.807) is 16.8 Å². The molecule has 7 N–H and O–H groups in total. The number of anilines is 2. The Kier molecular flexibility index (Phi) is 7.99. The van der Waals surface area contributed by atoms with Crippen molar-refractivity contribution in [2.75, 3.05) is 24.7 Å². The van der Waals surface area contributed by atoms with Crippen LogP contribution in [0.25, 0.3) is 22.2 Å². The minimum atomic E-state index is -4.26. The van der Waals surface area contributed by atoms with Crippen molar-refractivity contribution in [3.63, 3.8) is 0 Å². The number of nitrogens with zero attached hydrogens (tertiary/aromatic N) is 6. The van der Waals surface area contributed by atoms with E-state index in [4.69, 9.17) is 34.3 Å². The average molecular weight is 712 g/mol. The molecule has 17 nitrogen and oxygen atoms in total.